The highest BCUT2D eigenvalue weighted by atomic mass is 32.1. The monoisotopic (exact) mass is 292 g/mol. The molecule has 0 bridgehead atoms. The van der Waals surface area contributed by atoms with Gasteiger partial charge in [0.05, 0.1) is 5.92 Å². The summed E-state index contributed by atoms with van der Waals surface area (Å²) < 4.78 is 38.4. The standard InChI is InChI=1S/C13H19F3N2S/c14-13(15,16)10-4-1-3-9(7-10)12(18-17)8-11-5-2-6-19-11/h2,5-6,9-10,12,18H,1,3-4,7-8,17H2. The van der Waals surface area contributed by atoms with Crippen molar-refractivity contribution in [3.05, 3.63) is 22.4 Å². The summed E-state index contributed by atoms with van der Waals surface area (Å²) in [5.41, 5.74) is 2.72. The highest BCUT2D eigenvalue weighted by molar-refractivity contribution is 7.09. The Kier molecular flexibility index (Phi) is 4.86. The first kappa shape index (κ1) is 14.8. The number of halogens is 3. The fourth-order valence-corrected chi connectivity index (χ4v) is 3.66. The summed E-state index contributed by atoms with van der Waals surface area (Å²) in [6, 6.07) is 3.88. The molecule has 0 spiro atoms. The highest BCUT2D eigenvalue weighted by Gasteiger charge is 2.43. The van der Waals surface area contributed by atoms with E-state index in [-0.39, 0.29) is 24.8 Å². The molecular weight excluding hydrogens is 273 g/mol. The number of hydrazine groups is 1. The Balaban J connectivity index is 1.98. The lowest BCUT2D eigenvalue weighted by Crippen LogP contribution is -2.45. The summed E-state index contributed by atoms with van der Waals surface area (Å²) in [6.45, 7) is 0. The molecule has 2 nitrogen and oxygen atoms in total. The van der Waals surface area contributed by atoms with Gasteiger partial charge in [0.2, 0.25) is 0 Å². The fourth-order valence-electron chi connectivity index (χ4n) is 2.90. The third kappa shape index (κ3) is 3.94. The van der Waals surface area contributed by atoms with E-state index >= 15 is 0 Å². The molecule has 1 heterocycles. The lowest BCUT2D eigenvalue weighted by Gasteiger charge is -2.35. The Morgan fingerprint density at radius 3 is 2.79 bits per heavy atom. The van der Waals surface area contributed by atoms with Gasteiger partial charge in [-0.25, -0.2) is 0 Å². The number of nitrogens with one attached hydrogen (secondary N) is 1. The summed E-state index contributed by atoms with van der Waals surface area (Å²) >= 11 is 1.62. The van der Waals surface area contributed by atoms with Crippen molar-refractivity contribution < 1.29 is 13.2 Å². The van der Waals surface area contributed by atoms with E-state index in [0.717, 1.165) is 11.3 Å². The second-order valence-electron chi connectivity index (χ2n) is 5.22. The summed E-state index contributed by atoms with van der Waals surface area (Å²) in [4.78, 5) is 1.16. The summed E-state index contributed by atoms with van der Waals surface area (Å²) in [6.07, 6.45) is -1.44. The number of nitrogens with two attached hydrogens (primary N) is 1. The van der Waals surface area contributed by atoms with Crippen LogP contribution in [-0.2, 0) is 6.42 Å². The van der Waals surface area contributed by atoms with E-state index in [2.05, 4.69) is 5.43 Å². The molecule has 1 aliphatic rings. The third-order valence-corrected chi connectivity index (χ3v) is 4.86. The van der Waals surface area contributed by atoms with E-state index < -0.39 is 12.1 Å². The topological polar surface area (TPSA) is 38.0 Å². The van der Waals surface area contributed by atoms with Crippen LogP contribution < -0.4 is 11.3 Å². The quantitative estimate of drug-likeness (QED) is 0.658. The van der Waals surface area contributed by atoms with Crippen LogP contribution in [0.1, 0.15) is 30.6 Å². The number of alkyl halides is 3. The first-order valence-corrected chi connectivity index (χ1v) is 7.44. The lowest BCUT2D eigenvalue weighted by molar-refractivity contribution is -0.186. The van der Waals surface area contributed by atoms with Gasteiger partial charge >= 0.3 is 6.18 Å². The van der Waals surface area contributed by atoms with Crippen molar-refractivity contribution in [2.24, 2.45) is 17.7 Å². The smallest absolute Gasteiger partial charge is 0.271 e. The fraction of sp³-hybridized carbons (Fsp3) is 0.692. The highest BCUT2D eigenvalue weighted by Crippen LogP contribution is 2.41. The Labute approximate surface area is 115 Å². The van der Waals surface area contributed by atoms with Crippen molar-refractivity contribution >= 4 is 11.3 Å². The molecule has 108 valence electrons. The third-order valence-electron chi connectivity index (χ3n) is 3.96. The van der Waals surface area contributed by atoms with Crippen LogP contribution in [0.5, 0.6) is 0 Å². The molecular formula is C13H19F3N2S. The first-order valence-electron chi connectivity index (χ1n) is 6.56. The Morgan fingerprint density at radius 1 is 1.42 bits per heavy atom. The Bertz CT molecular complexity index is 378. The zero-order chi connectivity index (χ0) is 13.9. The van der Waals surface area contributed by atoms with Crippen LogP contribution in [0.3, 0.4) is 0 Å². The van der Waals surface area contributed by atoms with E-state index in [1.807, 2.05) is 17.5 Å². The SMILES string of the molecule is NNC(Cc1cccs1)C1CCCC(C(F)(F)F)C1. The summed E-state index contributed by atoms with van der Waals surface area (Å²) in [5, 5.41) is 1.97. The average Bonchev–Trinajstić information content (AvgIpc) is 2.88. The second kappa shape index (κ2) is 6.24. The molecule has 3 unspecified atom stereocenters. The number of hydrogen-bond acceptors (Lipinski definition) is 3. The van der Waals surface area contributed by atoms with Gasteiger partial charge in [0.15, 0.2) is 0 Å². The van der Waals surface area contributed by atoms with Gasteiger partial charge in [0, 0.05) is 10.9 Å². The molecule has 2 rings (SSSR count). The van der Waals surface area contributed by atoms with Crippen molar-refractivity contribution in [1.29, 1.82) is 0 Å². The Hall–Kier alpha value is -0.590. The van der Waals surface area contributed by atoms with Crippen LogP contribution in [0.15, 0.2) is 17.5 Å². The van der Waals surface area contributed by atoms with Crippen molar-refractivity contribution in [3.8, 4) is 0 Å². The van der Waals surface area contributed by atoms with Crippen LogP contribution >= 0.6 is 11.3 Å². The molecule has 19 heavy (non-hydrogen) atoms. The first-order chi connectivity index (χ1) is 9.00. The maximum Gasteiger partial charge on any atom is 0.391 e. The predicted octanol–water partition coefficient (Wildman–Crippen LogP) is 3.49. The van der Waals surface area contributed by atoms with Gasteiger partial charge < -0.3 is 0 Å². The molecule has 0 aliphatic heterocycles. The van der Waals surface area contributed by atoms with E-state index in [4.69, 9.17) is 5.84 Å². The maximum absolute atomic E-state index is 12.8. The molecule has 1 aromatic rings. The van der Waals surface area contributed by atoms with Gasteiger partial charge in [-0.2, -0.15) is 13.2 Å². The van der Waals surface area contributed by atoms with Gasteiger partial charge in [-0.3, -0.25) is 11.3 Å². The maximum atomic E-state index is 12.8. The molecule has 1 aromatic heterocycles. The van der Waals surface area contributed by atoms with Crippen LogP contribution in [0, 0.1) is 11.8 Å². The number of hydrogen-bond donors (Lipinski definition) is 2. The summed E-state index contributed by atoms with van der Waals surface area (Å²) in [5.74, 6) is 4.39. The van der Waals surface area contributed by atoms with Crippen molar-refractivity contribution in [2.45, 2.75) is 44.3 Å². The molecule has 0 amide bonds. The Morgan fingerprint density at radius 2 is 2.21 bits per heavy atom. The van der Waals surface area contributed by atoms with Crippen LogP contribution in [0.25, 0.3) is 0 Å². The molecule has 3 N–H and O–H groups in total. The molecule has 6 heteroatoms. The van der Waals surface area contributed by atoms with Gasteiger partial charge in [-0.05, 0) is 43.0 Å². The van der Waals surface area contributed by atoms with E-state index in [9.17, 15) is 13.2 Å². The average molecular weight is 292 g/mol. The van der Waals surface area contributed by atoms with Crippen molar-refractivity contribution in [3.63, 3.8) is 0 Å². The molecule has 1 saturated carbocycles. The summed E-state index contributed by atoms with van der Waals surface area (Å²) in [7, 11) is 0. The zero-order valence-electron chi connectivity index (χ0n) is 10.6. The van der Waals surface area contributed by atoms with Gasteiger partial charge in [-0.15, -0.1) is 11.3 Å². The van der Waals surface area contributed by atoms with Crippen LogP contribution in [0.2, 0.25) is 0 Å². The number of thiophene rings is 1. The van der Waals surface area contributed by atoms with Crippen molar-refractivity contribution in [2.75, 3.05) is 0 Å². The zero-order valence-corrected chi connectivity index (χ0v) is 11.4. The lowest BCUT2D eigenvalue weighted by atomic mass is 9.76. The van der Waals surface area contributed by atoms with Crippen LogP contribution in [0.4, 0.5) is 13.2 Å². The van der Waals surface area contributed by atoms with Gasteiger partial charge in [0.1, 0.15) is 0 Å². The number of rotatable bonds is 4. The minimum absolute atomic E-state index is 0.00692. The van der Waals surface area contributed by atoms with Crippen molar-refractivity contribution in [1.82, 2.24) is 5.43 Å². The van der Waals surface area contributed by atoms with E-state index in [1.165, 1.54) is 0 Å². The normalized spacial score (nSPS) is 26.3. The second-order valence-corrected chi connectivity index (χ2v) is 6.25. The molecule has 0 saturated heterocycles. The van der Waals surface area contributed by atoms with E-state index in [0.29, 0.717) is 12.8 Å². The largest absolute Gasteiger partial charge is 0.391 e. The predicted molar refractivity (Wildman–Crippen MR) is 70.6 cm³/mol. The molecule has 3 atom stereocenters. The van der Waals surface area contributed by atoms with Gasteiger partial charge in [0.25, 0.3) is 0 Å². The molecule has 0 aromatic carbocycles. The molecule has 1 fully saturated rings. The minimum atomic E-state index is -4.07. The van der Waals surface area contributed by atoms with Gasteiger partial charge in [-0.1, -0.05) is 12.5 Å². The van der Waals surface area contributed by atoms with E-state index in [1.54, 1.807) is 11.3 Å². The minimum Gasteiger partial charge on any atom is -0.271 e. The molecule has 0 radical (unpaired) electrons. The molecule has 1 aliphatic carbocycles. The van der Waals surface area contributed by atoms with Crippen LogP contribution in [-0.4, -0.2) is 12.2 Å².